The van der Waals surface area contributed by atoms with Crippen LogP contribution in [0.25, 0.3) is 0 Å². The number of hydrogen-bond acceptors (Lipinski definition) is 2. The average molecular weight is 226 g/mol. The molecule has 1 aromatic rings. The molecule has 0 atom stereocenters. The lowest BCUT2D eigenvalue weighted by atomic mass is 9.95. The second-order valence-corrected chi connectivity index (χ2v) is 4.69. The normalized spacial score (nSPS) is 11.2. The van der Waals surface area contributed by atoms with Crippen LogP contribution in [0.4, 0.5) is 5.69 Å². The van der Waals surface area contributed by atoms with Crippen LogP contribution >= 0.6 is 11.6 Å². The van der Waals surface area contributed by atoms with E-state index in [0.29, 0.717) is 6.54 Å². The second kappa shape index (κ2) is 4.67. The molecule has 0 saturated carbocycles. The smallest absolute Gasteiger partial charge is 0.229 e. The summed E-state index contributed by atoms with van der Waals surface area (Å²) in [6.07, 6.45) is 0. The fourth-order valence-corrected chi connectivity index (χ4v) is 1.49. The van der Waals surface area contributed by atoms with E-state index >= 15 is 0 Å². The number of carbonyl (C=O) groups excluding carboxylic acids is 1. The van der Waals surface area contributed by atoms with Gasteiger partial charge in [0.15, 0.2) is 0 Å². The van der Waals surface area contributed by atoms with Crippen molar-refractivity contribution in [1.29, 1.82) is 0 Å². The fourth-order valence-electron chi connectivity index (χ4n) is 1.43. The van der Waals surface area contributed by atoms with E-state index in [1.165, 1.54) is 0 Å². The number of para-hydroxylation sites is 1. The van der Waals surface area contributed by atoms with Gasteiger partial charge in [-0.15, -0.1) is 0 Å². The average Bonchev–Trinajstić information content (AvgIpc) is 2.18. The van der Waals surface area contributed by atoms with Gasteiger partial charge >= 0.3 is 0 Å². The van der Waals surface area contributed by atoms with Gasteiger partial charge in [-0.2, -0.15) is 0 Å². The third kappa shape index (κ3) is 3.24. The molecule has 82 valence electrons. The van der Waals surface area contributed by atoms with Gasteiger partial charge in [0, 0.05) is 19.3 Å². The molecule has 1 aromatic carbocycles. The van der Waals surface area contributed by atoms with Crippen LogP contribution in [0.3, 0.4) is 0 Å². The molecule has 0 spiro atoms. The number of carbonyl (C=O) groups is 1. The fraction of sp³-hybridized carbons (Fsp3) is 0.417. The zero-order valence-corrected chi connectivity index (χ0v) is 10.1. The Balaban J connectivity index is 2.72. The standard InChI is InChI=1S/C12H16ClNO/c1-12(2,11(13)15)9-14(3)10-7-5-4-6-8-10/h4-8H,9H2,1-3H3. The van der Waals surface area contributed by atoms with Gasteiger partial charge in [0.1, 0.15) is 0 Å². The highest BCUT2D eigenvalue weighted by Crippen LogP contribution is 2.23. The van der Waals surface area contributed by atoms with Gasteiger partial charge in [0.05, 0.1) is 5.41 Å². The predicted octanol–water partition coefficient (Wildman–Crippen LogP) is 2.91. The van der Waals surface area contributed by atoms with Crippen LogP contribution in [0, 0.1) is 5.41 Å². The predicted molar refractivity (Wildman–Crippen MR) is 64.4 cm³/mol. The molecule has 0 unspecified atom stereocenters. The van der Waals surface area contributed by atoms with Crippen molar-refractivity contribution in [2.24, 2.45) is 5.41 Å². The summed E-state index contributed by atoms with van der Waals surface area (Å²) in [5, 5.41) is -0.301. The summed E-state index contributed by atoms with van der Waals surface area (Å²) in [6.45, 7) is 4.31. The summed E-state index contributed by atoms with van der Waals surface area (Å²) in [5.74, 6) is 0. The maximum absolute atomic E-state index is 11.2. The Morgan fingerprint density at radius 3 is 2.33 bits per heavy atom. The lowest BCUT2D eigenvalue weighted by Crippen LogP contribution is -2.35. The van der Waals surface area contributed by atoms with E-state index < -0.39 is 5.41 Å². The van der Waals surface area contributed by atoms with Crippen LogP contribution in [0.15, 0.2) is 30.3 Å². The Bertz CT molecular complexity index is 335. The first kappa shape index (κ1) is 12.1. The van der Waals surface area contributed by atoms with Crippen LogP contribution in [-0.2, 0) is 4.79 Å². The van der Waals surface area contributed by atoms with Gasteiger partial charge in [0.25, 0.3) is 0 Å². The summed E-state index contributed by atoms with van der Waals surface area (Å²) in [6, 6.07) is 9.93. The van der Waals surface area contributed by atoms with Crippen LogP contribution < -0.4 is 4.90 Å². The first-order valence-corrected chi connectivity index (χ1v) is 5.27. The minimum Gasteiger partial charge on any atom is -0.374 e. The Morgan fingerprint density at radius 1 is 1.33 bits per heavy atom. The lowest BCUT2D eigenvalue weighted by molar-refractivity contribution is -0.118. The van der Waals surface area contributed by atoms with E-state index in [2.05, 4.69) is 0 Å². The highest BCUT2D eigenvalue weighted by molar-refractivity contribution is 6.64. The van der Waals surface area contributed by atoms with Crippen molar-refractivity contribution in [2.75, 3.05) is 18.5 Å². The molecule has 0 aliphatic rings. The molecule has 0 aliphatic heterocycles. The minimum absolute atomic E-state index is 0.301. The quantitative estimate of drug-likeness (QED) is 0.735. The lowest BCUT2D eigenvalue weighted by Gasteiger charge is -2.28. The number of halogens is 1. The van der Waals surface area contributed by atoms with E-state index in [1.54, 1.807) is 0 Å². The van der Waals surface area contributed by atoms with Gasteiger partial charge in [-0.1, -0.05) is 18.2 Å². The number of benzene rings is 1. The Kier molecular flexibility index (Phi) is 3.75. The van der Waals surface area contributed by atoms with Crippen molar-refractivity contribution in [1.82, 2.24) is 0 Å². The summed E-state index contributed by atoms with van der Waals surface area (Å²) in [7, 11) is 1.96. The summed E-state index contributed by atoms with van der Waals surface area (Å²) in [5.41, 5.74) is 0.565. The van der Waals surface area contributed by atoms with E-state index in [4.69, 9.17) is 11.6 Å². The molecular weight excluding hydrogens is 210 g/mol. The van der Waals surface area contributed by atoms with Gasteiger partial charge in [-0.25, -0.2) is 0 Å². The molecule has 0 aliphatic carbocycles. The zero-order chi connectivity index (χ0) is 11.5. The maximum Gasteiger partial charge on any atom is 0.229 e. The third-order valence-electron chi connectivity index (χ3n) is 2.36. The molecule has 1 rings (SSSR count). The monoisotopic (exact) mass is 225 g/mol. The van der Waals surface area contributed by atoms with Crippen molar-refractivity contribution in [2.45, 2.75) is 13.8 Å². The van der Waals surface area contributed by atoms with E-state index in [0.717, 1.165) is 5.69 Å². The second-order valence-electron chi connectivity index (χ2n) is 4.35. The highest BCUT2D eigenvalue weighted by Gasteiger charge is 2.27. The molecule has 3 heteroatoms. The SMILES string of the molecule is CN(CC(C)(C)C(=O)Cl)c1ccccc1. The van der Waals surface area contributed by atoms with Crippen LogP contribution in [-0.4, -0.2) is 18.8 Å². The molecule has 0 radical (unpaired) electrons. The maximum atomic E-state index is 11.2. The number of anilines is 1. The van der Waals surface area contributed by atoms with Gasteiger partial charge in [-0.05, 0) is 37.6 Å². The van der Waals surface area contributed by atoms with Crippen LogP contribution in [0.1, 0.15) is 13.8 Å². The van der Waals surface area contributed by atoms with Crippen molar-refractivity contribution < 1.29 is 4.79 Å². The van der Waals surface area contributed by atoms with Crippen LogP contribution in [0.5, 0.6) is 0 Å². The molecule has 15 heavy (non-hydrogen) atoms. The van der Waals surface area contributed by atoms with Gasteiger partial charge in [0.2, 0.25) is 5.24 Å². The molecule has 2 nitrogen and oxygen atoms in total. The number of hydrogen-bond donors (Lipinski definition) is 0. The number of nitrogens with zero attached hydrogens (tertiary/aromatic N) is 1. The highest BCUT2D eigenvalue weighted by atomic mass is 35.5. The van der Waals surface area contributed by atoms with E-state index in [-0.39, 0.29) is 5.24 Å². The summed E-state index contributed by atoms with van der Waals surface area (Å²) in [4.78, 5) is 13.2. The van der Waals surface area contributed by atoms with Gasteiger partial charge in [-0.3, -0.25) is 4.79 Å². The topological polar surface area (TPSA) is 20.3 Å². The molecule has 0 saturated heterocycles. The van der Waals surface area contributed by atoms with Gasteiger partial charge < -0.3 is 4.90 Å². The summed E-state index contributed by atoms with van der Waals surface area (Å²) < 4.78 is 0. The molecule has 0 amide bonds. The molecule has 0 fully saturated rings. The van der Waals surface area contributed by atoms with Crippen LogP contribution in [0.2, 0.25) is 0 Å². The number of rotatable bonds is 4. The molecule has 0 N–H and O–H groups in total. The first-order valence-electron chi connectivity index (χ1n) is 4.89. The van der Waals surface area contributed by atoms with E-state index in [9.17, 15) is 4.79 Å². The van der Waals surface area contributed by atoms with Crippen molar-refractivity contribution in [3.05, 3.63) is 30.3 Å². The van der Waals surface area contributed by atoms with Crippen molar-refractivity contribution in [3.8, 4) is 0 Å². The Hall–Kier alpha value is -1.02. The molecular formula is C12H16ClNO. The zero-order valence-electron chi connectivity index (χ0n) is 9.33. The largest absolute Gasteiger partial charge is 0.374 e. The third-order valence-corrected chi connectivity index (χ3v) is 2.87. The Morgan fingerprint density at radius 2 is 1.87 bits per heavy atom. The van der Waals surface area contributed by atoms with Crippen molar-refractivity contribution >= 4 is 22.5 Å². The first-order chi connectivity index (χ1) is 6.93. The minimum atomic E-state index is -0.522. The molecule has 0 heterocycles. The Labute approximate surface area is 95.8 Å². The molecule has 0 aromatic heterocycles. The summed E-state index contributed by atoms with van der Waals surface area (Å²) >= 11 is 5.54. The molecule has 0 bridgehead atoms. The van der Waals surface area contributed by atoms with Crippen molar-refractivity contribution in [3.63, 3.8) is 0 Å². The van der Waals surface area contributed by atoms with E-state index in [1.807, 2.05) is 56.1 Å².